The molecule has 0 fully saturated rings. The zero-order chi connectivity index (χ0) is 24.0. The van der Waals surface area contributed by atoms with Gasteiger partial charge in [0.15, 0.2) is 11.5 Å². The maximum atomic E-state index is 13.7. The molecule has 2 aromatic carbocycles. The van der Waals surface area contributed by atoms with Crippen LogP contribution in [0.5, 0.6) is 11.5 Å². The molecule has 0 aliphatic heterocycles. The van der Waals surface area contributed by atoms with Crippen LogP contribution < -0.4 is 15.5 Å². The summed E-state index contributed by atoms with van der Waals surface area (Å²) in [4.78, 5) is 26.5. The lowest BCUT2D eigenvalue weighted by Gasteiger charge is -2.05. The van der Waals surface area contributed by atoms with Gasteiger partial charge in [0.1, 0.15) is 5.82 Å². The average Bonchev–Trinajstić information content (AvgIpc) is 3.22. The summed E-state index contributed by atoms with van der Waals surface area (Å²) in [5, 5.41) is 34.0. The van der Waals surface area contributed by atoms with Crippen LogP contribution in [0, 0.1) is 15.9 Å². The minimum atomic E-state index is -0.676. The number of aromatic nitrogens is 3. The highest BCUT2D eigenvalue weighted by molar-refractivity contribution is 7.99. The molecule has 33 heavy (non-hydrogen) atoms. The number of thioether (sulfide) groups is 1. The van der Waals surface area contributed by atoms with Crippen LogP contribution in [0.2, 0.25) is 5.02 Å². The molecule has 0 bridgehead atoms. The number of phenols is 1. The molecule has 4 N–H and O–H groups in total. The number of hydrogen-bond acceptors (Lipinski definition) is 10. The molecule has 0 aliphatic rings. The van der Waals surface area contributed by atoms with Crippen molar-refractivity contribution in [2.45, 2.75) is 5.16 Å². The summed E-state index contributed by atoms with van der Waals surface area (Å²) in [6.07, 6.45) is 1.14. The number of aromatic hydroxyl groups is 1. The second kappa shape index (κ2) is 10.6. The second-order valence-electron chi connectivity index (χ2n) is 6.14. The summed E-state index contributed by atoms with van der Waals surface area (Å²) in [5.41, 5.74) is 2.20. The van der Waals surface area contributed by atoms with Gasteiger partial charge in [-0.15, -0.1) is 5.10 Å². The molecule has 1 heterocycles. The lowest BCUT2D eigenvalue weighted by molar-refractivity contribution is -0.385. The maximum Gasteiger partial charge on any atom is 0.282 e. The van der Waals surface area contributed by atoms with Crippen LogP contribution in [0.3, 0.4) is 0 Å². The van der Waals surface area contributed by atoms with Gasteiger partial charge >= 0.3 is 0 Å². The third-order valence-corrected chi connectivity index (χ3v) is 4.98. The number of phenolic OH excluding ortho intramolecular Hbond substituents is 1. The number of rotatable bonds is 9. The number of carbonyl (C=O) groups excluding carboxylic acids is 1. The van der Waals surface area contributed by atoms with Crippen LogP contribution >= 0.6 is 23.4 Å². The maximum absolute atomic E-state index is 13.7. The lowest BCUT2D eigenvalue weighted by Crippen LogP contribution is -2.15. The molecule has 0 spiro atoms. The van der Waals surface area contributed by atoms with E-state index in [1.54, 1.807) is 0 Å². The number of carbonyl (C=O) groups is 1. The number of nitrogens with zero attached hydrogens (tertiary/aromatic N) is 4. The van der Waals surface area contributed by atoms with Gasteiger partial charge in [0, 0.05) is 5.02 Å². The van der Waals surface area contributed by atoms with Crippen molar-refractivity contribution in [3.05, 3.63) is 56.8 Å². The topological polar surface area (TPSA) is 168 Å². The van der Waals surface area contributed by atoms with E-state index in [4.69, 9.17) is 16.3 Å². The molecule has 0 aliphatic carbocycles. The third kappa shape index (κ3) is 6.30. The predicted octanol–water partition coefficient (Wildman–Crippen LogP) is 3.40. The quantitative estimate of drug-likeness (QED) is 0.150. The van der Waals surface area contributed by atoms with Gasteiger partial charge in [0.2, 0.25) is 17.0 Å². The van der Waals surface area contributed by atoms with E-state index in [1.165, 1.54) is 25.3 Å². The standard InChI is InChI=1S/C18H15ClFN7O5S/c1-32-15-4-9(13(27(30)31)6-14(15)28)7-21-24-17-23-18(26-25-17)33-8-16(29)22-12-3-2-10(19)5-11(12)20/h2-7,28H,8H2,1H3,(H,22,29)(H2,23,24,25,26)/b21-7-. The Morgan fingerprint density at radius 2 is 2.24 bits per heavy atom. The normalized spacial score (nSPS) is 10.9. The Hall–Kier alpha value is -3.91. The van der Waals surface area contributed by atoms with E-state index in [9.17, 15) is 24.4 Å². The van der Waals surface area contributed by atoms with Gasteiger partial charge in [0.05, 0.1) is 41.3 Å². The number of ether oxygens (including phenoxy) is 1. The molecule has 3 aromatic rings. The SMILES string of the molecule is COc1cc(/C=N\Nc2nc(SCC(=O)Nc3ccc(Cl)cc3F)n[nH]2)c([N+](=O)[O-])cc1O. The van der Waals surface area contributed by atoms with Crippen molar-refractivity contribution < 1.29 is 24.0 Å². The molecule has 172 valence electrons. The first-order chi connectivity index (χ1) is 15.8. The number of aromatic amines is 1. The highest BCUT2D eigenvalue weighted by atomic mass is 35.5. The summed E-state index contributed by atoms with van der Waals surface area (Å²) in [5.74, 6) is -1.47. The number of nitro benzene ring substituents is 1. The van der Waals surface area contributed by atoms with Crippen LogP contribution in [0.4, 0.5) is 21.7 Å². The third-order valence-electron chi connectivity index (χ3n) is 3.90. The van der Waals surface area contributed by atoms with Crippen molar-refractivity contribution in [2.75, 3.05) is 23.6 Å². The van der Waals surface area contributed by atoms with Gasteiger partial charge in [-0.05, 0) is 24.3 Å². The monoisotopic (exact) mass is 495 g/mol. The Morgan fingerprint density at radius 1 is 1.45 bits per heavy atom. The summed E-state index contributed by atoms with van der Waals surface area (Å²) in [6, 6.07) is 6.08. The average molecular weight is 496 g/mol. The highest BCUT2D eigenvalue weighted by Crippen LogP contribution is 2.32. The Balaban J connectivity index is 1.57. The van der Waals surface area contributed by atoms with Crippen molar-refractivity contribution >= 4 is 52.8 Å². The minimum absolute atomic E-state index is 0.00312. The molecule has 0 saturated carbocycles. The van der Waals surface area contributed by atoms with Gasteiger partial charge in [-0.3, -0.25) is 14.9 Å². The predicted molar refractivity (Wildman–Crippen MR) is 120 cm³/mol. The number of anilines is 2. The Kier molecular flexibility index (Phi) is 7.63. The largest absolute Gasteiger partial charge is 0.504 e. The number of H-pyrrole nitrogens is 1. The number of hydrogen-bond donors (Lipinski definition) is 4. The van der Waals surface area contributed by atoms with E-state index in [-0.39, 0.29) is 50.3 Å². The second-order valence-corrected chi connectivity index (χ2v) is 7.52. The van der Waals surface area contributed by atoms with E-state index in [0.29, 0.717) is 0 Å². The van der Waals surface area contributed by atoms with Crippen molar-refractivity contribution in [3.63, 3.8) is 0 Å². The van der Waals surface area contributed by atoms with Crippen LogP contribution in [-0.4, -0.2) is 50.2 Å². The van der Waals surface area contributed by atoms with Crippen LogP contribution in [-0.2, 0) is 4.79 Å². The van der Waals surface area contributed by atoms with Crippen molar-refractivity contribution in [1.29, 1.82) is 0 Å². The first-order valence-corrected chi connectivity index (χ1v) is 10.3. The van der Waals surface area contributed by atoms with E-state index in [0.717, 1.165) is 30.1 Å². The summed E-state index contributed by atoms with van der Waals surface area (Å²) in [6.45, 7) is 0. The number of amides is 1. The number of hydrazone groups is 1. The fraction of sp³-hybridized carbons (Fsp3) is 0.111. The van der Waals surface area contributed by atoms with Crippen LogP contribution in [0.25, 0.3) is 0 Å². The van der Waals surface area contributed by atoms with E-state index in [2.05, 4.69) is 31.0 Å². The van der Waals surface area contributed by atoms with Crippen molar-refractivity contribution in [1.82, 2.24) is 15.2 Å². The molecule has 0 unspecified atom stereocenters. The lowest BCUT2D eigenvalue weighted by atomic mass is 10.1. The highest BCUT2D eigenvalue weighted by Gasteiger charge is 2.17. The smallest absolute Gasteiger partial charge is 0.282 e. The fourth-order valence-electron chi connectivity index (χ4n) is 2.43. The fourth-order valence-corrected chi connectivity index (χ4v) is 3.19. The molecule has 12 nitrogen and oxygen atoms in total. The molecule has 1 amide bonds. The molecular weight excluding hydrogens is 481 g/mol. The summed E-state index contributed by atoms with van der Waals surface area (Å²) in [7, 11) is 1.31. The molecule has 0 saturated heterocycles. The first-order valence-electron chi connectivity index (χ1n) is 8.91. The molecular formula is C18H15ClFN7O5S. The number of methoxy groups -OCH3 is 1. The van der Waals surface area contributed by atoms with Gasteiger partial charge < -0.3 is 15.2 Å². The molecule has 3 rings (SSSR count). The van der Waals surface area contributed by atoms with Gasteiger partial charge in [0.25, 0.3) is 5.69 Å². The molecule has 15 heteroatoms. The van der Waals surface area contributed by atoms with E-state index >= 15 is 0 Å². The Labute approximate surface area is 194 Å². The Bertz CT molecular complexity index is 1220. The Morgan fingerprint density at radius 3 is 2.94 bits per heavy atom. The van der Waals surface area contributed by atoms with E-state index < -0.39 is 16.6 Å². The zero-order valence-corrected chi connectivity index (χ0v) is 18.3. The van der Waals surface area contributed by atoms with Crippen LogP contribution in [0.15, 0.2) is 40.6 Å². The number of benzene rings is 2. The summed E-state index contributed by atoms with van der Waals surface area (Å²) >= 11 is 6.65. The molecule has 1 aromatic heterocycles. The summed E-state index contributed by atoms with van der Waals surface area (Å²) < 4.78 is 18.7. The van der Waals surface area contributed by atoms with E-state index in [1.807, 2.05) is 0 Å². The van der Waals surface area contributed by atoms with Crippen molar-refractivity contribution in [2.24, 2.45) is 5.10 Å². The number of nitrogens with one attached hydrogen (secondary N) is 3. The minimum Gasteiger partial charge on any atom is -0.504 e. The molecule has 0 atom stereocenters. The first kappa shape index (κ1) is 23.7. The number of halogens is 2. The van der Waals surface area contributed by atoms with Gasteiger partial charge in [-0.1, -0.05) is 23.4 Å². The van der Waals surface area contributed by atoms with Gasteiger partial charge in [-0.2, -0.15) is 10.1 Å². The van der Waals surface area contributed by atoms with Gasteiger partial charge in [-0.25, -0.2) is 14.9 Å². The molecule has 0 radical (unpaired) electrons. The zero-order valence-electron chi connectivity index (χ0n) is 16.7. The van der Waals surface area contributed by atoms with Crippen molar-refractivity contribution in [3.8, 4) is 11.5 Å². The number of nitro groups is 1. The van der Waals surface area contributed by atoms with Crippen LogP contribution in [0.1, 0.15) is 5.56 Å².